The summed E-state index contributed by atoms with van der Waals surface area (Å²) in [5.74, 6) is -2.17. The van der Waals surface area contributed by atoms with E-state index in [4.69, 9.17) is 15.2 Å². The van der Waals surface area contributed by atoms with Gasteiger partial charge in [0.1, 0.15) is 23.0 Å². The molecule has 2 aromatic carbocycles. The standard InChI is InChI=1S/C26H34N4O7/c1-24(2,3)36-22(34)28-19(16-10-8-7-9-11-16)20(32)29-26(21(27)33,17-12-14-18(31)15-13-17)30-23(35)37-25(4,5)6/h7-15,19,31H,1-6H3,(H2,27,33)(H,28,34)(H,29,32)(H,30,35). The third-order valence-electron chi connectivity index (χ3n) is 4.73. The van der Waals surface area contributed by atoms with E-state index < -0.39 is 46.9 Å². The first-order valence-electron chi connectivity index (χ1n) is 11.5. The SMILES string of the molecule is CC(C)(C)OC(=O)NC(C(=O)NC(NC(=O)OC(C)(C)C)(C(N)=O)c1ccc(O)cc1)c1ccccc1. The predicted molar refractivity (Wildman–Crippen MR) is 135 cm³/mol. The van der Waals surface area contributed by atoms with Gasteiger partial charge in [0.05, 0.1) is 0 Å². The molecule has 0 fully saturated rings. The van der Waals surface area contributed by atoms with Crippen molar-refractivity contribution in [3.8, 4) is 5.75 Å². The number of nitrogens with one attached hydrogen (secondary N) is 3. The van der Waals surface area contributed by atoms with Crippen LogP contribution in [0.5, 0.6) is 5.75 Å². The van der Waals surface area contributed by atoms with E-state index in [0.29, 0.717) is 5.56 Å². The number of rotatable bonds is 7. The lowest BCUT2D eigenvalue weighted by Crippen LogP contribution is -2.66. The molecule has 2 aromatic rings. The molecular formula is C26H34N4O7. The number of amides is 4. The molecule has 6 N–H and O–H groups in total. The van der Waals surface area contributed by atoms with E-state index in [2.05, 4.69) is 16.0 Å². The molecule has 0 bridgehead atoms. The molecule has 11 nitrogen and oxygen atoms in total. The highest BCUT2D eigenvalue weighted by atomic mass is 16.6. The monoisotopic (exact) mass is 514 g/mol. The third kappa shape index (κ3) is 8.41. The van der Waals surface area contributed by atoms with E-state index in [0.717, 1.165) is 0 Å². The zero-order chi connectivity index (χ0) is 28.0. The van der Waals surface area contributed by atoms with Crippen molar-refractivity contribution in [2.24, 2.45) is 5.73 Å². The van der Waals surface area contributed by atoms with E-state index in [-0.39, 0.29) is 11.3 Å². The number of phenolic OH excluding ortho intramolecular Hbond substituents is 1. The van der Waals surface area contributed by atoms with E-state index >= 15 is 0 Å². The molecule has 2 unspecified atom stereocenters. The van der Waals surface area contributed by atoms with Crippen LogP contribution in [-0.4, -0.2) is 40.3 Å². The molecule has 0 spiro atoms. The normalized spacial score (nSPS) is 13.9. The van der Waals surface area contributed by atoms with Gasteiger partial charge in [-0.25, -0.2) is 9.59 Å². The van der Waals surface area contributed by atoms with Gasteiger partial charge in [0.25, 0.3) is 5.91 Å². The van der Waals surface area contributed by atoms with Crippen molar-refractivity contribution in [3.63, 3.8) is 0 Å². The first-order valence-corrected chi connectivity index (χ1v) is 11.5. The Morgan fingerprint density at radius 1 is 0.784 bits per heavy atom. The van der Waals surface area contributed by atoms with Crippen LogP contribution in [0.1, 0.15) is 58.7 Å². The number of carbonyl (C=O) groups excluding carboxylic acids is 4. The Labute approximate surface area is 215 Å². The average Bonchev–Trinajstić information content (AvgIpc) is 2.75. The van der Waals surface area contributed by atoms with Gasteiger partial charge in [0, 0.05) is 5.56 Å². The maximum atomic E-state index is 13.6. The lowest BCUT2D eigenvalue weighted by Gasteiger charge is -2.35. The minimum absolute atomic E-state index is 0.0288. The van der Waals surface area contributed by atoms with Crippen LogP contribution in [0, 0.1) is 0 Å². The summed E-state index contributed by atoms with van der Waals surface area (Å²) in [4.78, 5) is 51.8. The summed E-state index contributed by atoms with van der Waals surface area (Å²) >= 11 is 0. The summed E-state index contributed by atoms with van der Waals surface area (Å²) in [5.41, 5.74) is 2.04. The maximum absolute atomic E-state index is 13.6. The van der Waals surface area contributed by atoms with Crippen LogP contribution in [-0.2, 0) is 24.7 Å². The zero-order valence-corrected chi connectivity index (χ0v) is 21.7. The van der Waals surface area contributed by atoms with Gasteiger partial charge in [-0.05, 0) is 59.2 Å². The van der Waals surface area contributed by atoms with E-state index in [1.807, 2.05) is 0 Å². The molecule has 0 aromatic heterocycles. The highest BCUT2D eigenvalue weighted by molar-refractivity contribution is 5.96. The summed E-state index contributed by atoms with van der Waals surface area (Å²) in [5, 5.41) is 17.1. The highest BCUT2D eigenvalue weighted by Crippen LogP contribution is 2.24. The van der Waals surface area contributed by atoms with Gasteiger partial charge < -0.3 is 30.9 Å². The number of primary amides is 1. The molecule has 0 saturated heterocycles. The Hall–Kier alpha value is -4.28. The second-order valence-electron chi connectivity index (χ2n) is 10.3. The fraction of sp³-hybridized carbons (Fsp3) is 0.385. The molecule has 0 heterocycles. The molecule has 200 valence electrons. The number of alkyl carbamates (subject to hydrolysis) is 2. The summed E-state index contributed by atoms with van der Waals surface area (Å²) in [6.07, 6.45) is -1.93. The summed E-state index contributed by atoms with van der Waals surface area (Å²) in [6, 6.07) is 12.0. The molecule has 37 heavy (non-hydrogen) atoms. The number of aromatic hydroxyl groups is 1. The number of ether oxygens (including phenoxy) is 2. The van der Waals surface area contributed by atoms with Crippen LogP contribution in [0.2, 0.25) is 0 Å². The number of phenols is 1. The Kier molecular flexibility index (Phi) is 8.76. The quantitative estimate of drug-likeness (QED) is 0.354. The van der Waals surface area contributed by atoms with Gasteiger partial charge in [-0.2, -0.15) is 0 Å². The van der Waals surface area contributed by atoms with Crippen molar-refractivity contribution in [1.29, 1.82) is 0 Å². The first-order chi connectivity index (χ1) is 17.0. The van der Waals surface area contributed by atoms with Crippen molar-refractivity contribution in [3.05, 3.63) is 65.7 Å². The smallest absolute Gasteiger partial charge is 0.410 e. The lowest BCUT2D eigenvalue weighted by molar-refractivity contribution is -0.134. The molecule has 0 saturated carbocycles. The minimum Gasteiger partial charge on any atom is -0.508 e. The van der Waals surface area contributed by atoms with E-state index in [1.165, 1.54) is 24.3 Å². The van der Waals surface area contributed by atoms with Crippen molar-refractivity contribution in [2.45, 2.75) is 64.4 Å². The second kappa shape index (κ2) is 11.2. The minimum atomic E-state index is -2.31. The molecule has 0 aliphatic rings. The molecule has 0 radical (unpaired) electrons. The molecule has 11 heteroatoms. The number of benzene rings is 2. The maximum Gasteiger partial charge on any atom is 0.410 e. The number of hydrogen-bond acceptors (Lipinski definition) is 7. The molecule has 0 aliphatic carbocycles. The van der Waals surface area contributed by atoms with E-state index in [1.54, 1.807) is 71.9 Å². The Bertz CT molecular complexity index is 1120. The van der Waals surface area contributed by atoms with Crippen LogP contribution in [0.25, 0.3) is 0 Å². The predicted octanol–water partition coefficient (Wildman–Crippen LogP) is 2.94. The fourth-order valence-corrected chi connectivity index (χ4v) is 3.24. The van der Waals surface area contributed by atoms with Crippen LogP contribution in [0.4, 0.5) is 9.59 Å². The van der Waals surface area contributed by atoms with Crippen LogP contribution in [0.3, 0.4) is 0 Å². The molecule has 2 rings (SSSR count). The van der Waals surface area contributed by atoms with E-state index in [9.17, 15) is 24.3 Å². The summed E-state index contributed by atoms with van der Waals surface area (Å²) < 4.78 is 10.6. The Morgan fingerprint density at radius 3 is 1.78 bits per heavy atom. The van der Waals surface area contributed by atoms with Crippen molar-refractivity contribution in [2.75, 3.05) is 0 Å². The highest BCUT2D eigenvalue weighted by Gasteiger charge is 2.45. The zero-order valence-electron chi connectivity index (χ0n) is 21.7. The number of hydrogen-bond donors (Lipinski definition) is 5. The van der Waals surface area contributed by atoms with Gasteiger partial charge in [-0.3, -0.25) is 14.9 Å². The number of nitrogens with two attached hydrogens (primary N) is 1. The largest absolute Gasteiger partial charge is 0.508 e. The summed E-state index contributed by atoms with van der Waals surface area (Å²) in [7, 11) is 0. The first kappa shape index (κ1) is 29.0. The third-order valence-corrected chi connectivity index (χ3v) is 4.73. The van der Waals surface area contributed by atoms with Crippen LogP contribution in [0.15, 0.2) is 54.6 Å². The molecular weight excluding hydrogens is 480 g/mol. The summed E-state index contributed by atoms with van der Waals surface area (Å²) in [6.45, 7) is 9.85. The van der Waals surface area contributed by atoms with Gasteiger partial charge in [-0.15, -0.1) is 0 Å². The number of carbonyl (C=O) groups is 4. The van der Waals surface area contributed by atoms with Crippen molar-refractivity contribution >= 4 is 24.0 Å². The van der Waals surface area contributed by atoms with Gasteiger partial charge in [0.15, 0.2) is 0 Å². The van der Waals surface area contributed by atoms with Gasteiger partial charge in [0.2, 0.25) is 11.6 Å². The van der Waals surface area contributed by atoms with Gasteiger partial charge in [-0.1, -0.05) is 42.5 Å². The van der Waals surface area contributed by atoms with Crippen LogP contribution >= 0.6 is 0 Å². The van der Waals surface area contributed by atoms with Gasteiger partial charge >= 0.3 is 12.2 Å². The second-order valence-corrected chi connectivity index (χ2v) is 10.3. The average molecular weight is 515 g/mol. The fourth-order valence-electron chi connectivity index (χ4n) is 3.24. The molecule has 4 amide bonds. The Balaban J connectivity index is 2.54. The Morgan fingerprint density at radius 2 is 1.30 bits per heavy atom. The van der Waals surface area contributed by atoms with Crippen molar-refractivity contribution < 1.29 is 33.8 Å². The van der Waals surface area contributed by atoms with Crippen LogP contribution < -0.4 is 21.7 Å². The molecule has 2 atom stereocenters. The van der Waals surface area contributed by atoms with Crippen molar-refractivity contribution in [1.82, 2.24) is 16.0 Å². The topological polar surface area (TPSA) is 169 Å². The molecule has 0 aliphatic heterocycles. The lowest BCUT2D eigenvalue weighted by atomic mass is 9.96.